The summed E-state index contributed by atoms with van der Waals surface area (Å²) in [5.74, 6) is 0.203. The summed E-state index contributed by atoms with van der Waals surface area (Å²) in [7, 11) is 0. The minimum absolute atomic E-state index is 0.203. The van der Waals surface area contributed by atoms with Gasteiger partial charge in [-0.05, 0) is 44.5 Å². The third-order valence-corrected chi connectivity index (χ3v) is 5.58. The Morgan fingerprint density at radius 1 is 1.28 bits per heavy atom. The molecule has 3 nitrogen and oxygen atoms in total. The van der Waals surface area contributed by atoms with E-state index in [1.54, 1.807) is 11.3 Å². The van der Waals surface area contributed by atoms with Gasteiger partial charge in [0.2, 0.25) is 0 Å². The van der Waals surface area contributed by atoms with E-state index >= 15 is 0 Å². The standard InChI is InChI=1S/C12H16Br2N2OS/c1-2-15-3-5-16(6-4-15)8-10(17)9-7-11(13)18-12(9)14/h7H,2-6,8H2,1H3. The van der Waals surface area contributed by atoms with Crippen molar-refractivity contribution in [2.75, 3.05) is 39.3 Å². The van der Waals surface area contributed by atoms with Crippen LogP contribution in [0.2, 0.25) is 0 Å². The number of rotatable bonds is 4. The summed E-state index contributed by atoms with van der Waals surface area (Å²) in [6.07, 6.45) is 0. The Kier molecular flexibility index (Phi) is 5.38. The molecule has 1 aliphatic rings. The summed E-state index contributed by atoms with van der Waals surface area (Å²) in [5, 5.41) is 0. The van der Waals surface area contributed by atoms with Gasteiger partial charge in [-0.25, -0.2) is 0 Å². The minimum Gasteiger partial charge on any atom is -0.301 e. The van der Waals surface area contributed by atoms with Crippen molar-refractivity contribution in [3.05, 3.63) is 19.2 Å². The molecule has 0 unspecified atom stereocenters. The minimum atomic E-state index is 0.203. The number of nitrogens with zero attached hydrogens (tertiary/aromatic N) is 2. The zero-order valence-electron chi connectivity index (χ0n) is 10.3. The first-order valence-corrected chi connectivity index (χ1v) is 8.43. The predicted octanol–water partition coefficient (Wildman–Crippen LogP) is 3.09. The van der Waals surface area contributed by atoms with Crippen molar-refractivity contribution in [1.82, 2.24) is 9.80 Å². The summed E-state index contributed by atoms with van der Waals surface area (Å²) in [6, 6.07) is 1.90. The van der Waals surface area contributed by atoms with E-state index < -0.39 is 0 Å². The Labute approximate surface area is 128 Å². The number of hydrogen-bond donors (Lipinski definition) is 0. The summed E-state index contributed by atoms with van der Waals surface area (Å²) in [5.41, 5.74) is 0.796. The number of piperazine rings is 1. The van der Waals surface area contributed by atoms with Gasteiger partial charge in [0.1, 0.15) is 0 Å². The van der Waals surface area contributed by atoms with E-state index in [0.717, 1.165) is 45.9 Å². The van der Waals surface area contributed by atoms with E-state index in [-0.39, 0.29) is 5.78 Å². The second kappa shape index (κ2) is 6.61. The highest BCUT2D eigenvalue weighted by molar-refractivity contribution is 9.12. The summed E-state index contributed by atoms with van der Waals surface area (Å²) in [6.45, 7) is 7.92. The van der Waals surface area contributed by atoms with E-state index in [1.807, 2.05) is 6.07 Å². The molecule has 0 saturated carbocycles. The van der Waals surface area contributed by atoms with Gasteiger partial charge in [-0.15, -0.1) is 11.3 Å². The van der Waals surface area contributed by atoms with Crippen molar-refractivity contribution >= 4 is 49.0 Å². The van der Waals surface area contributed by atoms with Crippen LogP contribution in [0.4, 0.5) is 0 Å². The quantitative estimate of drug-likeness (QED) is 0.732. The van der Waals surface area contributed by atoms with Crippen molar-refractivity contribution < 1.29 is 4.79 Å². The fourth-order valence-electron chi connectivity index (χ4n) is 2.08. The number of halogens is 2. The van der Waals surface area contributed by atoms with Crippen LogP contribution in [0.1, 0.15) is 17.3 Å². The topological polar surface area (TPSA) is 23.6 Å². The molecule has 0 aromatic carbocycles. The zero-order chi connectivity index (χ0) is 13.1. The van der Waals surface area contributed by atoms with Gasteiger partial charge in [-0.2, -0.15) is 0 Å². The van der Waals surface area contributed by atoms with Crippen molar-refractivity contribution in [3.8, 4) is 0 Å². The van der Waals surface area contributed by atoms with Crippen LogP contribution in [-0.2, 0) is 0 Å². The Hall–Kier alpha value is 0.250. The molecule has 0 atom stereocenters. The van der Waals surface area contributed by atoms with Gasteiger partial charge in [0.15, 0.2) is 5.78 Å². The lowest BCUT2D eigenvalue weighted by Gasteiger charge is -2.33. The average molecular weight is 396 g/mol. The largest absolute Gasteiger partial charge is 0.301 e. The number of Topliss-reactive ketones (excluding diaryl/α,β-unsaturated/α-hetero) is 1. The van der Waals surface area contributed by atoms with Gasteiger partial charge in [0.05, 0.1) is 14.1 Å². The number of carbonyl (C=O) groups is 1. The molecule has 1 aromatic heterocycles. The third-order valence-electron chi connectivity index (χ3n) is 3.24. The monoisotopic (exact) mass is 394 g/mol. The molecule has 1 aromatic rings. The fraction of sp³-hybridized carbons (Fsp3) is 0.583. The molecule has 0 radical (unpaired) electrons. The van der Waals surface area contributed by atoms with Crippen LogP contribution in [0.5, 0.6) is 0 Å². The Balaban J connectivity index is 1.90. The summed E-state index contributed by atoms with van der Waals surface area (Å²) >= 11 is 8.40. The zero-order valence-corrected chi connectivity index (χ0v) is 14.3. The first kappa shape index (κ1) is 14.7. The second-order valence-electron chi connectivity index (χ2n) is 4.37. The van der Waals surface area contributed by atoms with Crippen LogP contribution >= 0.6 is 43.2 Å². The van der Waals surface area contributed by atoms with E-state index in [2.05, 4.69) is 48.6 Å². The molecule has 2 heterocycles. The molecular formula is C12H16Br2N2OS. The average Bonchev–Trinajstić information content (AvgIpc) is 2.69. The molecule has 6 heteroatoms. The van der Waals surface area contributed by atoms with E-state index in [9.17, 15) is 4.79 Å². The molecule has 0 aliphatic carbocycles. The third kappa shape index (κ3) is 3.63. The molecule has 1 saturated heterocycles. The lowest BCUT2D eigenvalue weighted by Crippen LogP contribution is -2.47. The molecule has 0 spiro atoms. The van der Waals surface area contributed by atoms with Crippen molar-refractivity contribution in [2.24, 2.45) is 0 Å². The molecule has 1 aliphatic heterocycles. The lowest BCUT2D eigenvalue weighted by atomic mass is 10.2. The number of likely N-dealkylation sites (N-methyl/N-ethyl adjacent to an activating group) is 1. The van der Waals surface area contributed by atoms with Crippen LogP contribution in [0.3, 0.4) is 0 Å². The van der Waals surface area contributed by atoms with Crippen LogP contribution in [0.15, 0.2) is 13.6 Å². The predicted molar refractivity (Wildman–Crippen MR) is 82.6 cm³/mol. The van der Waals surface area contributed by atoms with Gasteiger partial charge in [0.25, 0.3) is 0 Å². The second-order valence-corrected chi connectivity index (χ2v) is 8.12. The molecule has 0 bridgehead atoms. The van der Waals surface area contributed by atoms with Crippen LogP contribution in [-0.4, -0.2) is 54.9 Å². The maximum atomic E-state index is 12.2. The summed E-state index contributed by atoms with van der Waals surface area (Å²) in [4.78, 5) is 16.9. The molecule has 100 valence electrons. The first-order valence-electron chi connectivity index (χ1n) is 6.03. The van der Waals surface area contributed by atoms with Crippen molar-refractivity contribution in [3.63, 3.8) is 0 Å². The van der Waals surface area contributed by atoms with E-state index in [0.29, 0.717) is 6.54 Å². The van der Waals surface area contributed by atoms with E-state index in [1.165, 1.54) is 0 Å². The van der Waals surface area contributed by atoms with Gasteiger partial charge in [-0.1, -0.05) is 6.92 Å². The van der Waals surface area contributed by atoms with Crippen molar-refractivity contribution in [2.45, 2.75) is 6.92 Å². The van der Waals surface area contributed by atoms with Gasteiger partial charge in [-0.3, -0.25) is 9.69 Å². The highest BCUT2D eigenvalue weighted by atomic mass is 79.9. The Bertz CT molecular complexity index is 428. The van der Waals surface area contributed by atoms with E-state index in [4.69, 9.17) is 0 Å². The molecule has 2 rings (SSSR count). The van der Waals surface area contributed by atoms with Crippen LogP contribution < -0.4 is 0 Å². The molecule has 1 fully saturated rings. The van der Waals surface area contributed by atoms with Crippen molar-refractivity contribution in [1.29, 1.82) is 0 Å². The maximum absolute atomic E-state index is 12.2. The summed E-state index contributed by atoms with van der Waals surface area (Å²) < 4.78 is 1.92. The number of hydrogen-bond acceptors (Lipinski definition) is 4. The normalized spacial score (nSPS) is 18.2. The maximum Gasteiger partial charge on any atom is 0.178 e. The molecule has 18 heavy (non-hydrogen) atoms. The highest BCUT2D eigenvalue weighted by Crippen LogP contribution is 2.32. The SMILES string of the molecule is CCN1CCN(CC(=O)c2cc(Br)sc2Br)CC1. The highest BCUT2D eigenvalue weighted by Gasteiger charge is 2.20. The number of ketones is 1. The first-order chi connectivity index (χ1) is 8.60. The Morgan fingerprint density at radius 2 is 1.89 bits per heavy atom. The Morgan fingerprint density at radius 3 is 2.39 bits per heavy atom. The van der Waals surface area contributed by atoms with Crippen LogP contribution in [0.25, 0.3) is 0 Å². The molecule has 0 amide bonds. The van der Waals surface area contributed by atoms with Gasteiger partial charge < -0.3 is 4.90 Å². The molecular weight excluding hydrogens is 380 g/mol. The van der Waals surface area contributed by atoms with Gasteiger partial charge >= 0.3 is 0 Å². The number of carbonyl (C=O) groups excluding carboxylic acids is 1. The van der Waals surface area contributed by atoms with Crippen LogP contribution in [0, 0.1) is 0 Å². The lowest BCUT2D eigenvalue weighted by molar-refractivity contribution is 0.0859. The smallest absolute Gasteiger partial charge is 0.178 e. The fourth-order valence-corrected chi connectivity index (χ4v) is 4.94. The number of thiophene rings is 1. The molecule has 0 N–H and O–H groups in total. The van der Waals surface area contributed by atoms with Gasteiger partial charge in [0, 0.05) is 31.7 Å².